The number of nitrogens with zero attached hydrogens (tertiary/aromatic N) is 4. The monoisotopic (exact) mass is 886 g/mol. The first kappa shape index (κ1) is 44.4. The molecule has 4 N–H and O–H groups in total. The van der Waals surface area contributed by atoms with Gasteiger partial charge in [-0.15, -0.1) is 0 Å². The Morgan fingerprint density at radius 2 is 1.54 bits per heavy atom. The van der Waals surface area contributed by atoms with Crippen LogP contribution in [0.3, 0.4) is 0 Å². The third kappa shape index (κ3) is 9.24. The summed E-state index contributed by atoms with van der Waals surface area (Å²) < 4.78 is 39.6. The number of carbonyl (C=O) groups excluding carboxylic acids is 3. The van der Waals surface area contributed by atoms with Gasteiger partial charge >= 0.3 is 12.2 Å². The summed E-state index contributed by atoms with van der Waals surface area (Å²) in [5, 5.41) is 7.47. The van der Waals surface area contributed by atoms with Gasteiger partial charge in [0, 0.05) is 30.9 Å². The van der Waals surface area contributed by atoms with Gasteiger partial charge in [0.2, 0.25) is 5.91 Å². The molecule has 3 fully saturated rings. The van der Waals surface area contributed by atoms with Crippen molar-refractivity contribution in [3.05, 3.63) is 72.4 Å². The summed E-state index contributed by atoms with van der Waals surface area (Å²) in [7, 11) is 1.85. The van der Waals surface area contributed by atoms with Crippen molar-refractivity contribution >= 4 is 49.9 Å². The molecule has 0 bridgehead atoms. The zero-order valence-corrected chi connectivity index (χ0v) is 38.2. The van der Waals surface area contributed by atoms with Gasteiger partial charge in [-0.25, -0.2) is 38.4 Å². The molecule has 3 aromatic carbocycles. The highest BCUT2D eigenvalue weighted by Gasteiger charge is 2.49. The van der Waals surface area contributed by atoms with Gasteiger partial charge in [0.1, 0.15) is 17.7 Å². The molecule has 3 aliphatic rings. The van der Waals surface area contributed by atoms with Crippen molar-refractivity contribution < 1.29 is 32.6 Å². The van der Waals surface area contributed by atoms with Gasteiger partial charge in [-0.1, -0.05) is 70.2 Å². The van der Waals surface area contributed by atoms with Gasteiger partial charge < -0.3 is 35.0 Å². The quantitative estimate of drug-likeness (QED) is 0.103. The first-order chi connectivity index (χ1) is 29.9. The Labute approximate surface area is 368 Å². The molecular formula is C47H60F2N8O5S. The molecule has 5 heterocycles. The molecule has 3 saturated heterocycles. The van der Waals surface area contributed by atoms with E-state index in [4.69, 9.17) is 19.4 Å². The highest BCUT2D eigenvalue weighted by molar-refractivity contribution is 8.32. The predicted octanol–water partition coefficient (Wildman–Crippen LogP) is 8.50. The van der Waals surface area contributed by atoms with Gasteiger partial charge in [0.15, 0.2) is 0 Å². The number of imidazole rings is 2. The number of piperidine rings is 1. The first-order valence-corrected chi connectivity index (χ1v) is 24.6. The highest BCUT2D eigenvalue weighted by atomic mass is 32.3. The number of amides is 3. The number of carbonyl (C=O) groups is 3. The van der Waals surface area contributed by atoms with Crippen LogP contribution in [0.25, 0.3) is 44.2 Å². The molecule has 5 aromatic rings. The largest absolute Gasteiger partial charge is 0.453 e. The summed E-state index contributed by atoms with van der Waals surface area (Å²) in [4.78, 5) is 59.0. The van der Waals surface area contributed by atoms with Crippen LogP contribution in [-0.4, -0.2) is 124 Å². The zero-order chi connectivity index (χ0) is 45.0. The van der Waals surface area contributed by atoms with E-state index in [0.717, 1.165) is 56.7 Å². The Kier molecular flexibility index (Phi) is 12.3. The van der Waals surface area contributed by atoms with Gasteiger partial charge in [-0.2, -0.15) is 0 Å². The number of benzene rings is 3. The average Bonchev–Trinajstić information content (AvgIpc) is 4.04. The molecule has 3 amide bonds. The Bertz CT molecular complexity index is 2490. The maximum atomic E-state index is 15.0. The minimum absolute atomic E-state index is 0.00463. The highest BCUT2D eigenvalue weighted by Crippen LogP contribution is 2.56. The molecule has 16 heteroatoms. The first-order valence-electron chi connectivity index (χ1n) is 21.8. The number of alkyl halides is 2. The normalized spacial score (nSPS) is 23.5. The summed E-state index contributed by atoms with van der Waals surface area (Å²) in [6.07, 6.45) is 5.85. The van der Waals surface area contributed by atoms with Crippen LogP contribution in [0.15, 0.2) is 60.8 Å². The van der Waals surface area contributed by atoms with Gasteiger partial charge in [-0.3, -0.25) is 9.69 Å². The summed E-state index contributed by atoms with van der Waals surface area (Å²) in [5.41, 5.74) is 5.33. The number of fused-ring (bicyclic) bond motifs is 4. The standard InChI is InChI=1S/C47H60F2N8O5S/c1-26(2)37(53-45(59)61-5)22-56-25-47(48,49)19-39(56)43-51-35-16-14-31-17-30(13-15-34(31)41(35)54-43)28-9-11-29(12-10-28)36-20-50-42(52-36)38-18-32-23-63(7,8)24-33(32)21-57(38)44(58)40(27(3)4)55-46(60)62-6/h9-17,20,26-27,32-33,37-40H,18-19,21-25H2,1-8H3,(H,50,52)(H,51,54)(H,53,59)(H,55,60)/t32-,33-,37+,38-,39-,40-/m0/s1. The van der Waals surface area contributed by atoms with E-state index in [0.29, 0.717) is 29.7 Å². The van der Waals surface area contributed by atoms with Gasteiger partial charge in [-0.05, 0) is 88.3 Å². The van der Waals surface area contributed by atoms with Gasteiger partial charge in [0.25, 0.3) is 5.92 Å². The minimum atomic E-state index is -2.90. The molecule has 13 nitrogen and oxygen atoms in total. The molecule has 0 saturated carbocycles. The van der Waals surface area contributed by atoms with E-state index >= 15 is 0 Å². The Hall–Kier alpha value is -5.22. The van der Waals surface area contributed by atoms with Crippen LogP contribution < -0.4 is 10.6 Å². The van der Waals surface area contributed by atoms with E-state index < -0.39 is 46.8 Å². The Morgan fingerprint density at radius 1 is 0.857 bits per heavy atom. The van der Waals surface area contributed by atoms with Crippen molar-refractivity contribution in [2.45, 2.75) is 70.6 Å². The molecule has 338 valence electrons. The fraction of sp³-hybridized carbons (Fsp3) is 0.511. The number of aromatic nitrogens is 4. The third-order valence-corrected chi connectivity index (χ3v) is 16.0. The molecule has 2 aromatic heterocycles. The predicted molar refractivity (Wildman–Crippen MR) is 244 cm³/mol. The molecule has 6 atom stereocenters. The Balaban J connectivity index is 1.01. The van der Waals surface area contributed by atoms with E-state index in [-0.39, 0.29) is 42.8 Å². The van der Waals surface area contributed by atoms with Crippen molar-refractivity contribution in [3.8, 4) is 22.4 Å². The van der Waals surface area contributed by atoms with E-state index in [1.807, 2.05) is 57.0 Å². The van der Waals surface area contributed by atoms with E-state index in [9.17, 15) is 23.2 Å². The summed E-state index contributed by atoms with van der Waals surface area (Å²) in [6.45, 7) is 8.17. The fourth-order valence-electron chi connectivity index (χ4n) is 10.0. The lowest BCUT2D eigenvalue weighted by molar-refractivity contribution is -0.140. The summed E-state index contributed by atoms with van der Waals surface area (Å²) in [6, 6.07) is 16.4. The molecule has 3 aliphatic heterocycles. The number of methoxy groups -OCH3 is 2. The van der Waals surface area contributed by atoms with E-state index in [2.05, 4.69) is 69.5 Å². The number of nitrogens with one attached hydrogen (secondary N) is 4. The summed E-state index contributed by atoms with van der Waals surface area (Å²) in [5.74, 6) is 1.31. The van der Waals surface area contributed by atoms with Crippen LogP contribution in [0, 0.1) is 23.7 Å². The van der Waals surface area contributed by atoms with Crippen molar-refractivity contribution in [2.24, 2.45) is 23.7 Å². The van der Waals surface area contributed by atoms with Gasteiger partial charge in [0.05, 0.1) is 55.8 Å². The lowest BCUT2D eigenvalue weighted by Crippen LogP contribution is -2.55. The van der Waals surface area contributed by atoms with E-state index in [1.54, 1.807) is 4.90 Å². The molecular weight excluding hydrogens is 827 g/mol. The molecule has 0 aliphatic carbocycles. The number of hydrogen-bond acceptors (Lipinski definition) is 8. The maximum Gasteiger partial charge on any atom is 0.407 e. The van der Waals surface area contributed by atoms with Crippen LogP contribution in [-0.2, 0) is 14.3 Å². The second-order valence-electron chi connectivity index (χ2n) is 19.0. The van der Waals surface area contributed by atoms with Crippen molar-refractivity contribution in [1.82, 2.24) is 40.4 Å². The van der Waals surface area contributed by atoms with Crippen LogP contribution in [0.1, 0.15) is 64.3 Å². The second-order valence-corrected chi connectivity index (χ2v) is 23.2. The van der Waals surface area contributed by atoms with Crippen LogP contribution in [0.2, 0.25) is 0 Å². The van der Waals surface area contributed by atoms with E-state index in [1.165, 1.54) is 20.0 Å². The van der Waals surface area contributed by atoms with Crippen molar-refractivity contribution in [3.63, 3.8) is 0 Å². The average molecular weight is 887 g/mol. The number of likely N-dealkylation sites (tertiary alicyclic amines) is 2. The Morgan fingerprint density at radius 3 is 2.24 bits per heavy atom. The molecule has 0 unspecified atom stereocenters. The third-order valence-electron chi connectivity index (χ3n) is 13.3. The van der Waals surface area contributed by atoms with Crippen molar-refractivity contribution in [2.75, 3.05) is 57.9 Å². The SMILES string of the molecule is COC(=O)N[C@H](C(=O)N1C[C@H]2CS(C)(C)C[C@@H]2C[C@H]1c1ncc(-c2ccc(-c3ccc4c(ccc5[nH]c([C@@H]6CC(F)(F)CN6C[C@@H](NC(=O)OC)C(C)C)nc54)c3)cc2)[nH]1)C(C)C. The molecule has 8 rings (SSSR count). The topological polar surface area (TPSA) is 158 Å². The minimum Gasteiger partial charge on any atom is -0.453 e. The number of ether oxygens (including phenoxy) is 2. The second kappa shape index (κ2) is 17.4. The summed E-state index contributed by atoms with van der Waals surface area (Å²) >= 11 is 0. The van der Waals surface area contributed by atoms with Crippen molar-refractivity contribution in [1.29, 1.82) is 0 Å². The van der Waals surface area contributed by atoms with Crippen LogP contribution >= 0.6 is 10.0 Å². The number of hydrogen-bond donors (Lipinski definition) is 4. The smallest absolute Gasteiger partial charge is 0.407 e. The molecule has 0 spiro atoms. The van der Waals surface area contributed by atoms with Crippen LogP contribution in [0.5, 0.6) is 0 Å². The number of aromatic amines is 2. The zero-order valence-electron chi connectivity index (χ0n) is 37.3. The lowest BCUT2D eigenvalue weighted by Gasteiger charge is -2.42. The maximum absolute atomic E-state index is 15.0. The van der Waals surface area contributed by atoms with Crippen LogP contribution in [0.4, 0.5) is 18.4 Å². The lowest BCUT2D eigenvalue weighted by atomic mass is 9.83. The number of alkyl carbamates (subject to hydrolysis) is 2. The number of halogens is 2. The number of rotatable bonds is 11. The molecule has 0 radical (unpaired) electrons. The fourth-order valence-corrected chi connectivity index (χ4v) is 13.3. The molecule has 63 heavy (non-hydrogen) atoms. The number of H-pyrrole nitrogens is 2.